The highest BCUT2D eigenvalue weighted by Crippen LogP contribution is 2.39. The van der Waals surface area contributed by atoms with Crippen LogP contribution >= 0.6 is 31.9 Å². The van der Waals surface area contributed by atoms with Crippen molar-refractivity contribution >= 4 is 41.9 Å². The van der Waals surface area contributed by atoms with Gasteiger partial charge in [-0.05, 0) is 29.8 Å². The summed E-state index contributed by atoms with van der Waals surface area (Å²) in [6.45, 7) is 0. The molecule has 0 atom stereocenters. The summed E-state index contributed by atoms with van der Waals surface area (Å²) in [6, 6.07) is 8.36. The van der Waals surface area contributed by atoms with Crippen molar-refractivity contribution in [1.29, 1.82) is 10.5 Å². The number of fused-ring (bicyclic) bond motifs is 1. The van der Waals surface area contributed by atoms with Crippen molar-refractivity contribution < 1.29 is 0 Å². The highest BCUT2D eigenvalue weighted by molar-refractivity contribution is 9.15. The lowest BCUT2D eigenvalue weighted by molar-refractivity contribution is 1.46. The van der Waals surface area contributed by atoms with Crippen LogP contribution in [0.4, 0.5) is 0 Å². The Kier molecular flexibility index (Phi) is 3.47. The minimum Gasteiger partial charge on any atom is -0.290 e. The Morgan fingerprint density at radius 2 is 1.72 bits per heavy atom. The summed E-state index contributed by atoms with van der Waals surface area (Å²) in [5.41, 5.74) is 1.78. The van der Waals surface area contributed by atoms with Crippen LogP contribution in [0.3, 0.4) is 0 Å². The van der Waals surface area contributed by atoms with Gasteiger partial charge in [-0.25, -0.2) is 0 Å². The lowest BCUT2D eigenvalue weighted by Crippen LogP contribution is -1.92. The molecule has 0 heterocycles. The van der Waals surface area contributed by atoms with Gasteiger partial charge in [0.05, 0.1) is 0 Å². The van der Waals surface area contributed by atoms with Gasteiger partial charge in [0.25, 0.3) is 0 Å². The molecule has 5 heteroatoms. The number of nitrogens with zero attached hydrogens (tertiary/aromatic N) is 2. The second-order valence-corrected chi connectivity index (χ2v) is 5.32. The lowest BCUT2D eigenvalue weighted by atomic mass is 10.0. The van der Waals surface area contributed by atoms with Gasteiger partial charge in [-0.1, -0.05) is 31.9 Å². The Morgan fingerprint density at radius 3 is 2.33 bits per heavy atom. The number of nitriles is 2. The molecule has 1 aromatic carbocycles. The van der Waals surface area contributed by atoms with Crippen molar-refractivity contribution in [1.82, 2.24) is 0 Å². The van der Waals surface area contributed by atoms with E-state index in [0.717, 1.165) is 0 Å². The van der Waals surface area contributed by atoms with Crippen molar-refractivity contribution in [2.24, 2.45) is 0 Å². The number of hydrogen-bond donors (Lipinski definition) is 0. The van der Waals surface area contributed by atoms with Crippen molar-refractivity contribution in [3.05, 3.63) is 55.7 Å². The van der Waals surface area contributed by atoms with E-state index >= 15 is 0 Å². The quantitative estimate of drug-likeness (QED) is 0.664. The molecule has 0 radical (unpaired) electrons. The Hall–Kier alpha value is -1.69. The molecule has 0 fully saturated rings. The van der Waals surface area contributed by atoms with Crippen LogP contribution in [0.5, 0.6) is 0 Å². The van der Waals surface area contributed by atoms with Gasteiger partial charge in [0.1, 0.15) is 17.7 Å². The van der Waals surface area contributed by atoms with Gasteiger partial charge in [-0.3, -0.25) is 4.79 Å². The van der Waals surface area contributed by atoms with Crippen LogP contribution in [0.2, 0.25) is 0 Å². The lowest BCUT2D eigenvalue weighted by Gasteiger charge is -1.97. The first-order valence-corrected chi connectivity index (χ1v) is 6.42. The monoisotopic (exact) mass is 362 g/mol. The molecule has 3 nitrogen and oxygen atoms in total. The summed E-state index contributed by atoms with van der Waals surface area (Å²) < 4.78 is 1.30. The number of allylic oxidation sites excluding steroid dienone is 3. The van der Waals surface area contributed by atoms with Crippen molar-refractivity contribution in [2.75, 3.05) is 0 Å². The number of rotatable bonds is 0. The van der Waals surface area contributed by atoms with Crippen LogP contribution in [0.15, 0.2) is 39.1 Å². The molecule has 0 saturated heterocycles. The zero-order chi connectivity index (χ0) is 13.3. The minimum absolute atomic E-state index is 0.0243. The van der Waals surface area contributed by atoms with Crippen molar-refractivity contribution in [3.8, 4) is 12.1 Å². The van der Waals surface area contributed by atoms with E-state index < -0.39 is 0 Å². The molecule has 0 aromatic heterocycles. The molecule has 86 valence electrons. The summed E-state index contributed by atoms with van der Waals surface area (Å²) in [4.78, 5) is 11.6. The van der Waals surface area contributed by atoms with Gasteiger partial charge >= 0.3 is 0 Å². The zero-order valence-electron chi connectivity index (χ0n) is 8.87. The first kappa shape index (κ1) is 12.8. The van der Waals surface area contributed by atoms with Gasteiger partial charge in [0.15, 0.2) is 5.43 Å². The molecular weight excluding hydrogens is 360 g/mol. The van der Waals surface area contributed by atoms with E-state index in [0.29, 0.717) is 25.7 Å². The molecule has 1 aliphatic rings. The topological polar surface area (TPSA) is 64.7 Å². The molecule has 1 aliphatic carbocycles. The summed E-state index contributed by atoms with van der Waals surface area (Å²) in [5.74, 6) is 0. The Morgan fingerprint density at radius 1 is 1.06 bits per heavy atom. The van der Waals surface area contributed by atoms with Gasteiger partial charge in [-0.15, -0.1) is 0 Å². The maximum Gasteiger partial charge on any atom is 0.180 e. The first-order chi connectivity index (χ1) is 8.56. The normalized spacial score (nSPS) is 12.2. The Labute approximate surface area is 120 Å². The molecule has 0 bridgehead atoms. The molecule has 1 aromatic rings. The van der Waals surface area contributed by atoms with E-state index in [9.17, 15) is 4.79 Å². The first-order valence-electron chi connectivity index (χ1n) is 4.84. The van der Waals surface area contributed by atoms with Crippen LogP contribution in [-0.2, 0) is 0 Å². The van der Waals surface area contributed by atoms with E-state index in [1.54, 1.807) is 12.1 Å². The third-order valence-electron chi connectivity index (χ3n) is 2.45. The average molecular weight is 364 g/mol. The van der Waals surface area contributed by atoms with Crippen LogP contribution in [-0.4, -0.2) is 0 Å². The fourth-order valence-electron chi connectivity index (χ4n) is 1.71. The summed E-state index contributed by atoms with van der Waals surface area (Å²) >= 11 is 6.60. The van der Waals surface area contributed by atoms with Crippen LogP contribution < -0.4 is 5.43 Å². The second kappa shape index (κ2) is 4.89. The third-order valence-corrected chi connectivity index (χ3v) is 3.56. The van der Waals surface area contributed by atoms with E-state index in [4.69, 9.17) is 10.5 Å². The smallest absolute Gasteiger partial charge is 0.180 e. The molecule has 0 unspecified atom stereocenters. The van der Waals surface area contributed by atoms with Crippen LogP contribution in [0.25, 0.3) is 10.1 Å². The molecule has 18 heavy (non-hydrogen) atoms. The van der Waals surface area contributed by atoms with E-state index in [2.05, 4.69) is 31.9 Å². The van der Waals surface area contributed by atoms with Gasteiger partial charge in [0.2, 0.25) is 0 Å². The summed E-state index contributed by atoms with van der Waals surface area (Å²) in [6.07, 6.45) is 1.68. The van der Waals surface area contributed by atoms with E-state index in [1.807, 2.05) is 12.1 Å². The van der Waals surface area contributed by atoms with Gasteiger partial charge < -0.3 is 0 Å². The number of hydrogen-bond acceptors (Lipinski definition) is 3. The summed E-state index contributed by atoms with van der Waals surface area (Å²) in [7, 11) is 0. The van der Waals surface area contributed by atoms with Crippen LogP contribution in [0, 0.1) is 22.7 Å². The van der Waals surface area contributed by atoms with Crippen molar-refractivity contribution in [3.63, 3.8) is 0 Å². The molecule has 0 amide bonds. The van der Waals surface area contributed by atoms with Gasteiger partial charge in [0, 0.05) is 20.1 Å². The van der Waals surface area contributed by atoms with Crippen molar-refractivity contribution in [2.45, 2.75) is 0 Å². The molecule has 0 saturated carbocycles. The van der Waals surface area contributed by atoms with Gasteiger partial charge in [-0.2, -0.15) is 10.5 Å². The number of halogens is 2. The highest BCUT2D eigenvalue weighted by Gasteiger charge is 2.20. The molecule has 0 aliphatic heterocycles. The molecule has 0 N–H and O–H groups in total. The molecule has 2 rings (SSSR count). The predicted octanol–water partition coefficient (Wildman–Crippen LogP) is 3.36. The largest absolute Gasteiger partial charge is 0.290 e. The Bertz CT molecular complexity index is 733. The minimum atomic E-state index is -0.148. The predicted molar refractivity (Wildman–Crippen MR) is 75.5 cm³/mol. The standard InChI is InChI=1S/C13H4Br2N2O/c14-8-1-9(18)3-12-11(2-8)10(4-13(12)15)7(5-16)6-17/h1-4H. The average Bonchev–Trinajstić information content (AvgIpc) is 2.52. The maximum atomic E-state index is 11.6. The summed E-state index contributed by atoms with van der Waals surface area (Å²) in [5, 5.41) is 17.9. The fourth-order valence-corrected chi connectivity index (χ4v) is 2.72. The zero-order valence-corrected chi connectivity index (χ0v) is 12.0. The maximum absolute atomic E-state index is 11.6. The van der Waals surface area contributed by atoms with Crippen LogP contribution in [0.1, 0.15) is 11.1 Å². The second-order valence-electron chi connectivity index (χ2n) is 3.55. The third kappa shape index (κ3) is 2.15. The Balaban J connectivity index is 2.91. The highest BCUT2D eigenvalue weighted by atomic mass is 79.9. The molecule has 0 spiro atoms. The van der Waals surface area contributed by atoms with E-state index in [-0.39, 0.29) is 11.0 Å². The SMILES string of the molecule is N#CC(C#N)=C1C=C(Br)c2cc(=O)cc(Br)cc21. The molecular formula is C13H4Br2N2O. The van der Waals surface area contributed by atoms with E-state index in [1.165, 1.54) is 12.1 Å². The fraction of sp³-hybridized carbons (Fsp3) is 0.